The highest BCUT2D eigenvalue weighted by Crippen LogP contribution is 2.22. The van der Waals surface area contributed by atoms with E-state index >= 15 is 0 Å². The van der Waals surface area contributed by atoms with E-state index in [2.05, 4.69) is 20.7 Å². The van der Waals surface area contributed by atoms with Crippen LogP contribution in [0.25, 0.3) is 0 Å². The van der Waals surface area contributed by atoms with E-state index in [9.17, 15) is 12.8 Å². The molecule has 106 valence electrons. The second kappa shape index (κ2) is 6.37. The van der Waals surface area contributed by atoms with Crippen LogP contribution in [0.3, 0.4) is 0 Å². The van der Waals surface area contributed by atoms with Gasteiger partial charge < -0.3 is 0 Å². The van der Waals surface area contributed by atoms with Crippen LogP contribution < -0.4 is 4.72 Å². The van der Waals surface area contributed by atoms with E-state index in [1.807, 2.05) is 0 Å². The molecule has 2 rings (SSSR count). The molecule has 0 aliphatic rings. The van der Waals surface area contributed by atoms with Crippen LogP contribution in [-0.4, -0.2) is 14.2 Å². The van der Waals surface area contributed by atoms with Gasteiger partial charge in [0.05, 0.1) is 11.4 Å². The Morgan fingerprint density at radius 3 is 2.40 bits per heavy atom. The summed E-state index contributed by atoms with van der Waals surface area (Å²) in [5, 5.41) is 0. The van der Waals surface area contributed by atoms with E-state index in [1.54, 1.807) is 42.5 Å². The Labute approximate surface area is 126 Å². The van der Waals surface area contributed by atoms with Crippen LogP contribution in [0.15, 0.2) is 53.0 Å². The Morgan fingerprint density at radius 2 is 1.70 bits per heavy atom. The maximum atomic E-state index is 13.4. The van der Waals surface area contributed by atoms with Crippen molar-refractivity contribution in [2.24, 2.45) is 0 Å². The van der Waals surface area contributed by atoms with Gasteiger partial charge in [0.15, 0.2) is 0 Å². The average Bonchev–Trinajstić information content (AvgIpc) is 2.40. The van der Waals surface area contributed by atoms with Crippen molar-refractivity contribution in [2.45, 2.75) is 6.42 Å². The summed E-state index contributed by atoms with van der Waals surface area (Å²) < 4.78 is 40.5. The van der Waals surface area contributed by atoms with E-state index < -0.39 is 10.0 Å². The highest BCUT2D eigenvalue weighted by molar-refractivity contribution is 9.10. The predicted molar refractivity (Wildman–Crippen MR) is 81.7 cm³/mol. The molecule has 0 fully saturated rings. The molecule has 0 heterocycles. The quantitative estimate of drug-likeness (QED) is 0.888. The van der Waals surface area contributed by atoms with E-state index in [-0.39, 0.29) is 18.0 Å². The first-order valence-electron chi connectivity index (χ1n) is 5.96. The Morgan fingerprint density at radius 1 is 1.05 bits per heavy atom. The van der Waals surface area contributed by atoms with E-state index in [0.717, 1.165) is 0 Å². The number of benzene rings is 2. The number of nitrogens with one attached hydrogen (secondary N) is 1. The van der Waals surface area contributed by atoms with Gasteiger partial charge in [-0.15, -0.1) is 0 Å². The summed E-state index contributed by atoms with van der Waals surface area (Å²) in [4.78, 5) is 0. The minimum absolute atomic E-state index is 0.131. The molecule has 2 aromatic rings. The number of hydrogen-bond donors (Lipinski definition) is 1. The number of aryl methyl sites for hydroxylation is 1. The summed E-state index contributed by atoms with van der Waals surface area (Å²) >= 11 is 3.27. The summed E-state index contributed by atoms with van der Waals surface area (Å²) in [6, 6.07) is 13.1. The molecule has 6 heteroatoms. The molecular formula is C14H13BrFNO2S. The minimum Gasteiger partial charge on any atom is -0.282 e. The molecule has 3 nitrogen and oxygen atoms in total. The third-order valence-corrected chi connectivity index (χ3v) is 4.70. The van der Waals surface area contributed by atoms with E-state index in [4.69, 9.17) is 0 Å². The predicted octanol–water partition coefficient (Wildman–Crippen LogP) is 3.57. The lowest BCUT2D eigenvalue weighted by Crippen LogP contribution is -2.18. The number of sulfonamides is 1. The van der Waals surface area contributed by atoms with Gasteiger partial charge in [-0.25, -0.2) is 12.8 Å². The maximum Gasteiger partial charge on any atom is 0.233 e. The molecular weight excluding hydrogens is 345 g/mol. The second-order valence-corrected chi connectivity index (χ2v) is 6.94. The highest BCUT2D eigenvalue weighted by Gasteiger charge is 2.13. The van der Waals surface area contributed by atoms with Crippen LogP contribution in [0.2, 0.25) is 0 Å². The van der Waals surface area contributed by atoms with Crippen LogP contribution in [0.5, 0.6) is 0 Å². The lowest BCUT2D eigenvalue weighted by atomic mass is 10.2. The Balaban J connectivity index is 2.05. The smallest absolute Gasteiger partial charge is 0.233 e. The monoisotopic (exact) mass is 357 g/mol. The van der Waals surface area contributed by atoms with E-state index in [0.29, 0.717) is 15.7 Å². The Bertz CT molecular complexity index is 704. The van der Waals surface area contributed by atoms with Gasteiger partial charge in [-0.1, -0.05) is 30.3 Å². The molecule has 0 aromatic heterocycles. The number of anilines is 1. The van der Waals surface area contributed by atoms with Gasteiger partial charge in [0.25, 0.3) is 0 Å². The summed E-state index contributed by atoms with van der Waals surface area (Å²) in [6.45, 7) is 0. The zero-order valence-corrected chi connectivity index (χ0v) is 12.9. The SMILES string of the molecule is O=S(=O)(CCc1ccccc1F)Nc1ccccc1Br. The number of halogens is 2. The second-order valence-electron chi connectivity index (χ2n) is 4.24. The molecule has 0 spiro atoms. The first kappa shape index (κ1) is 15.0. The normalized spacial score (nSPS) is 11.3. The molecule has 1 N–H and O–H groups in total. The van der Waals surface area contributed by atoms with E-state index in [1.165, 1.54) is 6.07 Å². The zero-order valence-electron chi connectivity index (χ0n) is 10.5. The number of para-hydroxylation sites is 1. The summed E-state index contributed by atoms with van der Waals surface area (Å²) in [5.74, 6) is -0.557. The van der Waals surface area contributed by atoms with Crippen molar-refractivity contribution in [3.05, 3.63) is 64.4 Å². The molecule has 0 aliphatic heterocycles. The number of rotatable bonds is 5. The average molecular weight is 358 g/mol. The summed E-state index contributed by atoms with van der Waals surface area (Å²) in [7, 11) is -3.52. The van der Waals surface area contributed by atoms with Crippen molar-refractivity contribution in [3.8, 4) is 0 Å². The van der Waals surface area contributed by atoms with Gasteiger partial charge in [-0.3, -0.25) is 4.72 Å². The van der Waals surface area contributed by atoms with Gasteiger partial charge in [-0.05, 0) is 46.1 Å². The molecule has 0 amide bonds. The van der Waals surface area contributed by atoms with Crippen LogP contribution >= 0.6 is 15.9 Å². The molecule has 0 radical (unpaired) electrons. The molecule has 20 heavy (non-hydrogen) atoms. The van der Waals surface area contributed by atoms with Gasteiger partial charge in [0.1, 0.15) is 5.82 Å². The lowest BCUT2D eigenvalue weighted by Gasteiger charge is -2.09. The van der Waals surface area contributed by atoms with Crippen LogP contribution in [0.1, 0.15) is 5.56 Å². The van der Waals surface area contributed by atoms with Crippen molar-refractivity contribution in [2.75, 3.05) is 10.5 Å². The van der Waals surface area contributed by atoms with Crippen LogP contribution in [0, 0.1) is 5.82 Å². The molecule has 0 saturated heterocycles. The lowest BCUT2D eigenvalue weighted by molar-refractivity contribution is 0.595. The maximum absolute atomic E-state index is 13.4. The van der Waals surface area contributed by atoms with Gasteiger partial charge in [0, 0.05) is 4.47 Å². The minimum atomic E-state index is -3.52. The van der Waals surface area contributed by atoms with Gasteiger partial charge in [-0.2, -0.15) is 0 Å². The van der Waals surface area contributed by atoms with Crippen LogP contribution in [-0.2, 0) is 16.4 Å². The van der Waals surface area contributed by atoms with Crippen molar-refractivity contribution < 1.29 is 12.8 Å². The zero-order chi connectivity index (χ0) is 14.6. The first-order valence-corrected chi connectivity index (χ1v) is 8.41. The molecule has 0 unspecified atom stereocenters. The summed E-state index contributed by atoms with van der Waals surface area (Å²) in [5.41, 5.74) is 0.867. The van der Waals surface area contributed by atoms with Gasteiger partial charge >= 0.3 is 0 Å². The fraction of sp³-hybridized carbons (Fsp3) is 0.143. The molecule has 0 saturated carbocycles. The Hall–Kier alpha value is -1.40. The molecule has 0 bridgehead atoms. The standard InChI is InChI=1S/C14H13BrFNO2S/c15-12-6-2-4-8-14(12)17-20(18,19)10-9-11-5-1-3-7-13(11)16/h1-8,17H,9-10H2. The third kappa shape index (κ3) is 4.05. The van der Waals surface area contributed by atoms with Crippen molar-refractivity contribution in [1.82, 2.24) is 0 Å². The third-order valence-electron chi connectivity index (χ3n) is 2.74. The topological polar surface area (TPSA) is 46.2 Å². The van der Waals surface area contributed by atoms with Crippen LogP contribution in [0.4, 0.5) is 10.1 Å². The fourth-order valence-corrected chi connectivity index (χ4v) is 3.33. The number of hydrogen-bond acceptors (Lipinski definition) is 2. The van der Waals surface area contributed by atoms with Gasteiger partial charge in [0.2, 0.25) is 10.0 Å². The first-order chi connectivity index (χ1) is 9.48. The highest BCUT2D eigenvalue weighted by atomic mass is 79.9. The Kier molecular flexibility index (Phi) is 4.77. The largest absolute Gasteiger partial charge is 0.282 e. The molecule has 0 atom stereocenters. The van der Waals surface area contributed by atoms with Crippen molar-refractivity contribution >= 4 is 31.6 Å². The molecule has 2 aromatic carbocycles. The fourth-order valence-electron chi connectivity index (χ4n) is 1.71. The molecule has 0 aliphatic carbocycles. The summed E-state index contributed by atoms with van der Waals surface area (Å²) in [6.07, 6.45) is 0.131. The van der Waals surface area contributed by atoms with Crippen molar-refractivity contribution in [3.63, 3.8) is 0 Å². The van der Waals surface area contributed by atoms with Crippen molar-refractivity contribution in [1.29, 1.82) is 0 Å².